The molecule has 1 aliphatic heterocycles. The number of benzene rings is 2. The number of rotatable bonds is 4. The standard InChI is InChI=1S/C17H15FN2O2S/c18-12-7-5-11(6-8-12)10-19-16(21)9-15-17(22)20-13-3-1-2-4-14(13)23-15/h1-8,15H,9-10H2,(H,19,21)(H,20,22)/t15-/m1/s1. The number of carbonyl (C=O) groups excluding carboxylic acids is 2. The molecule has 6 heteroatoms. The Hall–Kier alpha value is -2.34. The van der Waals surface area contributed by atoms with Crippen molar-refractivity contribution in [3.05, 3.63) is 59.9 Å². The van der Waals surface area contributed by atoms with Gasteiger partial charge in [0.25, 0.3) is 0 Å². The van der Waals surface area contributed by atoms with Crippen LogP contribution in [-0.2, 0) is 16.1 Å². The van der Waals surface area contributed by atoms with Crippen molar-refractivity contribution in [2.75, 3.05) is 5.32 Å². The SMILES string of the molecule is O=C(C[C@H]1Sc2ccccc2NC1=O)NCc1ccc(F)cc1. The molecule has 1 aliphatic rings. The van der Waals surface area contributed by atoms with E-state index in [0.29, 0.717) is 6.54 Å². The van der Waals surface area contributed by atoms with Gasteiger partial charge in [-0.3, -0.25) is 9.59 Å². The number of thioether (sulfide) groups is 1. The molecule has 0 bridgehead atoms. The van der Waals surface area contributed by atoms with Crippen LogP contribution >= 0.6 is 11.8 Å². The highest BCUT2D eigenvalue weighted by Gasteiger charge is 2.28. The summed E-state index contributed by atoms with van der Waals surface area (Å²) in [5.41, 5.74) is 1.59. The highest BCUT2D eigenvalue weighted by Crippen LogP contribution is 2.36. The van der Waals surface area contributed by atoms with Crippen molar-refractivity contribution in [2.45, 2.75) is 23.1 Å². The third-order valence-corrected chi connectivity index (χ3v) is 4.76. The molecule has 0 fully saturated rings. The maximum absolute atomic E-state index is 12.8. The Kier molecular flexibility index (Phi) is 4.62. The Morgan fingerprint density at radius 3 is 2.70 bits per heavy atom. The molecule has 1 heterocycles. The van der Waals surface area contributed by atoms with E-state index >= 15 is 0 Å². The summed E-state index contributed by atoms with van der Waals surface area (Å²) in [5, 5.41) is 5.12. The molecule has 4 nitrogen and oxygen atoms in total. The second-order valence-corrected chi connectivity index (χ2v) is 6.44. The predicted octanol–water partition coefficient (Wildman–Crippen LogP) is 2.95. The minimum absolute atomic E-state index is 0.103. The molecule has 1 atom stereocenters. The summed E-state index contributed by atoms with van der Waals surface area (Å²) in [5.74, 6) is -0.680. The van der Waals surface area contributed by atoms with Crippen LogP contribution in [0.1, 0.15) is 12.0 Å². The first-order valence-electron chi connectivity index (χ1n) is 7.19. The van der Waals surface area contributed by atoms with Gasteiger partial charge in [0.1, 0.15) is 5.82 Å². The van der Waals surface area contributed by atoms with E-state index in [9.17, 15) is 14.0 Å². The number of nitrogens with one attached hydrogen (secondary N) is 2. The molecule has 0 aromatic heterocycles. The second-order valence-electron chi connectivity index (χ2n) is 5.20. The molecule has 0 spiro atoms. The number of halogens is 1. The van der Waals surface area contributed by atoms with Gasteiger partial charge in [0, 0.05) is 17.9 Å². The second kappa shape index (κ2) is 6.83. The lowest BCUT2D eigenvalue weighted by atomic mass is 10.2. The number of anilines is 1. The molecule has 2 amide bonds. The van der Waals surface area contributed by atoms with Gasteiger partial charge in [-0.25, -0.2) is 4.39 Å². The summed E-state index contributed by atoms with van der Waals surface area (Å²) < 4.78 is 12.8. The Morgan fingerprint density at radius 2 is 1.91 bits per heavy atom. The van der Waals surface area contributed by atoms with Crippen LogP contribution in [0.15, 0.2) is 53.4 Å². The maximum atomic E-state index is 12.8. The van der Waals surface area contributed by atoms with Crippen LogP contribution in [0.5, 0.6) is 0 Å². The lowest BCUT2D eigenvalue weighted by molar-refractivity contribution is -0.124. The first-order chi connectivity index (χ1) is 11.1. The van der Waals surface area contributed by atoms with Gasteiger partial charge in [0.15, 0.2) is 0 Å². The summed E-state index contributed by atoms with van der Waals surface area (Å²) in [7, 11) is 0. The van der Waals surface area contributed by atoms with Crippen molar-refractivity contribution in [3.63, 3.8) is 0 Å². The first-order valence-corrected chi connectivity index (χ1v) is 8.07. The fourth-order valence-corrected chi connectivity index (χ4v) is 3.38. The summed E-state index contributed by atoms with van der Waals surface area (Å²) in [6, 6.07) is 13.5. The van der Waals surface area contributed by atoms with Crippen LogP contribution in [0, 0.1) is 5.82 Å². The van der Waals surface area contributed by atoms with Gasteiger partial charge < -0.3 is 10.6 Å². The normalized spacial score (nSPS) is 16.4. The minimum atomic E-state index is -0.446. The van der Waals surface area contributed by atoms with Gasteiger partial charge >= 0.3 is 0 Å². The largest absolute Gasteiger partial charge is 0.352 e. The van der Waals surface area contributed by atoms with Gasteiger partial charge in [0.2, 0.25) is 11.8 Å². The highest BCUT2D eigenvalue weighted by molar-refractivity contribution is 8.01. The molecule has 23 heavy (non-hydrogen) atoms. The zero-order valence-electron chi connectivity index (χ0n) is 12.2. The van der Waals surface area contributed by atoms with Gasteiger partial charge in [0.05, 0.1) is 10.9 Å². The number of amides is 2. The molecule has 2 N–H and O–H groups in total. The van der Waals surface area contributed by atoms with Crippen molar-refractivity contribution in [1.29, 1.82) is 0 Å². The Bertz CT molecular complexity index is 734. The van der Waals surface area contributed by atoms with Crippen molar-refractivity contribution in [3.8, 4) is 0 Å². The molecule has 0 aliphatic carbocycles. The van der Waals surface area contributed by atoms with Crippen LogP contribution in [-0.4, -0.2) is 17.1 Å². The van der Waals surface area contributed by atoms with Crippen molar-refractivity contribution >= 4 is 29.3 Å². The lowest BCUT2D eigenvalue weighted by Gasteiger charge is -2.23. The molecule has 3 rings (SSSR count). The van der Waals surface area contributed by atoms with Gasteiger partial charge in [-0.05, 0) is 29.8 Å². The highest BCUT2D eigenvalue weighted by atomic mass is 32.2. The average Bonchev–Trinajstić information content (AvgIpc) is 2.55. The van der Waals surface area contributed by atoms with E-state index in [0.717, 1.165) is 16.1 Å². The summed E-state index contributed by atoms with van der Waals surface area (Å²) in [6.07, 6.45) is 0.103. The van der Waals surface area contributed by atoms with Crippen LogP contribution in [0.2, 0.25) is 0 Å². The molecule has 0 unspecified atom stereocenters. The fraction of sp³-hybridized carbons (Fsp3) is 0.176. The number of fused-ring (bicyclic) bond motifs is 1. The molecular formula is C17H15FN2O2S. The van der Waals surface area contributed by atoms with Crippen LogP contribution in [0.4, 0.5) is 10.1 Å². The van der Waals surface area contributed by atoms with E-state index in [1.165, 1.54) is 23.9 Å². The van der Waals surface area contributed by atoms with Gasteiger partial charge in [-0.1, -0.05) is 24.3 Å². The van der Waals surface area contributed by atoms with Gasteiger partial charge in [-0.15, -0.1) is 11.8 Å². The molecule has 118 valence electrons. The van der Waals surface area contributed by atoms with E-state index in [4.69, 9.17) is 0 Å². The smallest absolute Gasteiger partial charge is 0.238 e. The van der Waals surface area contributed by atoms with Crippen molar-refractivity contribution in [2.24, 2.45) is 0 Å². The average molecular weight is 330 g/mol. The quantitative estimate of drug-likeness (QED) is 0.906. The topological polar surface area (TPSA) is 58.2 Å². The molecule has 0 saturated heterocycles. The van der Waals surface area contributed by atoms with Crippen molar-refractivity contribution in [1.82, 2.24) is 5.32 Å². The molecule has 0 saturated carbocycles. The molecule has 2 aromatic carbocycles. The fourth-order valence-electron chi connectivity index (χ4n) is 2.27. The number of para-hydroxylation sites is 1. The first kappa shape index (κ1) is 15.6. The maximum Gasteiger partial charge on any atom is 0.238 e. The third kappa shape index (κ3) is 3.90. The predicted molar refractivity (Wildman–Crippen MR) is 87.6 cm³/mol. The number of hydrogen-bond acceptors (Lipinski definition) is 3. The Morgan fingerprint density at radius 1 is 1.17 bits per heavy atom. The number of carbonyl (C=O) groups is 2. The summed E-state index contributed by atoms with van der Waals surface area (Å²) >= 11 is 1.39. The summed E-state index contributed by atoms with van der Waals surface area (Å²) in [6.45, 7) is 0.314. The van der Waals surface area contributed by atoms with Crippen LogP contribution in [0.3, 0.4) is 0 Å². The van der Waals surface area contributed by atoms with Gasteiger partial charge in [-0.2, -0.15) is 0 Å². The molecule has 0 radical (unpaired) electrons. The summed E-state index contributed by atoms with van der Waals surface area (Å²) in [4.78, 5) is 25.0. The van der Waals surface area contributed by atoms with Crippen LogP contribution < -0.4 is 10.6 Å². The van der Waals surface area contributed by atoms with E-state index in [1.807, 2.05) is 24.3 Å². The van der Waals surface area contributed by atoms with E-state index < -0.39 is 5.25 Å². The Balaban J connectivity index is 1.56. The van der Waals surface area contributed by atoms with E-state index in [2.05, 4.69) is 10.6 Å². The molecular weight excluding hydrogens is 315 g/mol. The minimum Gasteiger partial charge on any atom is -0.352 e. The van der Waals surface area contributed by atoms with E-state index in [-0.39, 0.29) is 24.1 Å². The van der Waals surface area contributed by atoms with E-state index in [1.54, 1.807) is 12.1 Å². The number of hydrogen-bond donors (Lipinski definition) is 2. The Labute approximate surface area is 137 Å². The molecule has 2 aromatic rings. The zero-order valence-corrected chi connectivity index (χ0v) is 13.0. The van der Waals surface area contributed by atoms with Crippen LogP contribution in [0.25, 0.3) is 0 Å². The lowest BCUT2D eigenvalue weighted by Crippen LogP contribution is -2.34. The van der Waals surface area contributed by atoms with Crippen molar-refractivity contribution < 1.29 is 14.0 Å². The monoisotopic (exact) mass is 330 g/mol. The third-order valence-electron chi connectivity index (χ3n) is 3.48. The zero-order chi connectivity index (χ0) is 16.2.